The van der Waals surface area contributed by atoms with Crippen LogP contribution in [-0.4, -0.2) is 27.4 Å². The van der Waals surface area contributed by atoms with E-state index in [0.29, 0.717) is 0 Å². The van der Waals surface area contributed by atoms with Crippen molar-refractivity contribution in [2.75, 3.05) is 9.80 Å². The average molecular weight is 1250 g/mol. The first-order valence-electron chi connectivity index (χ1n) is 33.3. The minimum Gasteiger partial charge on any atom is -0.311 e. The molecule has 0 saturated heterocycles. The van der Waals surface area contributed by atoms with Gasteiger partial charge in [0.05, 0.1) is 16.7 Å². The Balaban J connectivity index is 0.967. The van der Waals surface area contributed by atoms with Crippen LogP contribution in [0.3, 0.4) is 0 Å². The van der Waals surface area contributed by atoms with Crippen molar-refractivity contribution >= 4 is 137 Å². The SMILES string of the molecule is c1ccc(-c2cccc(N3c4ccc([Si](c5ccccc5)(c5ccccc5)c5ccccc5)cc4B4c5ccc(-c6ccccc6)cc5N(c5ccc([Si](c6ccccc6)(c6ccccc6)c6ccccc6)cc5)c5cc(-n6c7ccccc7c7ccccc76)cc3c54)c2)cc1. The van der Waals surface area contributed by atoms with Gasteiger partial charge in [0.25, 0.3) is 6.71 Å². The third-order valence-electron chi connectivity index (χ3n) is 20.4. The summed E-state index contributed by atoms with van der Waals surface area (Å²) >= 11 is 0. The van der Waals surface area contributed by atoms with E-state index in [4.69, 9.17) is 0 Å². The van der Waals surface area contributed by atoms with Crippen molar-refractivity contribution in [1.29, 1.82) is 0 Å². The molecule has 6 heteroatoms. The Kier molecular flexibility index (Phi) is 14.0. The molecule has 15 aromatic carbocycles. The molecule has 0 N–H and O–H groups in total. The molecule has 0 amide bonds. The number of rotatable bonds is 13. The summed E-state index contributed by atoms with van der Waals surface area (Å²) in [7, 11) is -5.99. The minimum absolute atomic E-state index is 0.204. The molecule has 0 radical (unpaired) electrons. The van der Waals surface area contributed by atoms with E-state index in [1.807, 2.05) is 0 Å². The van der Waals surface area contributed by atoms with Gasteiger partial charge in [-0.05, 0) is 141 Å². The molecular weight excluding hydrogens is 1190 g/mol. The van der Waals surface area contributed by atoms with Gasteiger partial charge in [-0.2, -0.15) is 0 Å². The van der Waals surface area contributed by atoms with E-state index in [1.165, 1.54) is 79.8 Å². The standard InChI is InChI=1S/C90H64BN3Si2/c1-9-30-65(31-10-1)67-34-29-35-70(60-67)93-86-59-57-79(96(75-42-19-6-20-43-75,76-44-21-7-22-45-76)77-46-23-8-24-47-77)64-83(86)91-82-58-52-68(66-32-11-2-12-33-66)61-87(82)92(88-62-71(63-89(93)90(88)91)94-84-50-27-25-48-80(84)81-49-26-28-51-85(81)94)69-53-55-78(56-54-69)95(72-36-13-3-14-37-72,73-38-15-4-16-39-73)74-40-17-5-18-41-74/h1-64H. The van der Waals surface area contributed by atoms with Crippen molar-refractivity contribution in [3.8, 4) is 27.9 Å². The number of nitrogens with zero attached hydrogens (tertiary/aromatic N) is 3. The number of hydrogen-bond donors (Lipinski definition) is 0. The van der Waals surface area contributed by atoms with Crippen LogP contribution >= 0.6 is 0 Å². The van der Waals surface area contributed by atoms with Gasteiger partial charge in [-0.3, -0.25) is 0 Å². The summed E-state index contributed by atoms with van der Waals surface area (Å²) in [6.07, 6.45) is 0. The van der Waals surface area contributed by atoms with E-state index in [1.54, 1.807) is 0 Å². The molecule has 0 aliphatic carbocycles. The number of hydrogen-bond acceptors (Lipinski definition) is 2. The summed E-state index contributed by atoms with van der Waals surface area (Å²) in [5.74, 6) is 0. The molecule has 0 saturated carbocycles. The van der Waals surface area contributed by atoms with Gasteiger partial charge >= 0.3 is 0 Å². The summed E-state index contributed by atoms with van der Waals surface area (Å²) < 4.78 is 2.52. The highest BCUT2D eigenvalue weighted by Gasteiger charge is 2.48. The van der Waals surface area contributed by atoms with Crippen LogP contribution in [0.4, 0.5) is 34.1 Å². The molecular formula is C90H64BN3Si2. The predicted molar refractivity (Wildman–Crippen MR) is 413 cm³/mol. The Morgan fingerprint density at radius 3 is 1.05 bits per heavy atom. The van der Waals surface area contributed by atoms with Crippen molar-refractivity contribution < 1.29 is 0 Å². The maximum absolute atomic E-state index is 3.08. The number of benzene rings is 15. The summed E-state index contributed by atoms with van der Waals surface area (Å²) in [4.78, 5) is 5.23. The average Bonchev–Trinajstić information content (AvgIpc) is 0.803. The predicted octanol–water partition coefficient (Wildman–Crippen LogP) is 15.0. The molecule has 96 heavy (non-hydrogen) atoms. The van der Waals surface area contributed by atoms with Gasteiger partial charge in [-0.15, -0.1) is 0 Å². The third kappa shape index (κ3) is 9.09. The quantitative estimate of drug-likeness (QED) is 0.0842. The second-order valence-electron chi connectivity index (χ2n) is 25.4. The highest BCUT2D eigenvalue weighted by Crippen LogP contribution is 2.47. The van der Waals surface area contributed by atoms with Crippen LogP contribution in [-0.2, 0) is 0 Å². The maximum Gasteiger partial charge on any atom is 0.252 e. The molecule has 0 unspecified atom stereocenters. The number of anilines is 6. The largest absolute Gasteiger partial charge is 0.311 e. The lowest BCUT2D eigenvalue weighted by atomic mass is 9.33. The summed E-state index contributed by atoms with van der Waals surface area (Å²) in [6, 6.07) is 147. The first-order valence-corrected chi connectivity index (χ1v) is 37.3. The molecule has 1 aromatic heterocycles. The Morgan fingerprint density at radius 1 is 0.208 bits per heavy atom. The Morgan fingerprint density at radius 2 is 0.583 bits per heavy atom. The Labute approximate surface area is 563 Å². The monoisotopic (exact) mass is 1250 g/mol. The van der Waals surface area contributed by atoms with Crippen LogP contribution in [0.1, 0.15) is 0 Å². The van der Waals surface area contributed by atoms with Gasteiger partial charge in [-0.25, -0.2) is 0 Å². The second kappa shape index (κ2) is 23.6. The van der Waals surface area contributed by atoms with Crippen molar-refractivity contribution in [2.24, 2.45) is 0 Å². The number of fused-ring (bicyclic) bond motifs is 7. The fraction of sp³-hybridized carbons (Fsp3) is 0. The Bertz CT molecular complexity index is 5280. The van der Waals surface area contributed by atoms with Crippen LogP contribution in [0.2, 0.25) is 0 Å². The van der Waals surface area contributed by atoms with Gasteiger partial charge in [0.15, 0.2) is 16.1 Å². The molecule has 0 spiro atoms. The van der Waals surface area contributed by atoms with Crippen molar-refractivity contribution in [2.45, 2.75) is 0 Å². The van der Waals surface area contributed by atoms with Gasteiger partial charge in [0.2, 0.25) is 0 Å². The lowest BCUT2D eigenvalue weighted by Crippen LogP contribution is -2.75. The van der Waals surface area contributed by atoms with E-state index in [0.717, 1.165) is 62.0 Å². The first kappa shape index (κ1) is 56.9. The molecule has 2 aliphatic heterocycles. The van der Waals surface area contributed by atoms with Gasteiger partial charge in [0, 0.05) is 44.9 Å². The van der Waals surface area contributed by atoms with Crippen molar-refractivity contribution in [1.82, 2.24) is 4.57 Å². The first-order chi connectivity index (χ1) is 47.6. The topological polar surface area (TPSA) is 11.4 Å². The highest BCUT2D eigenvalue weighted by molar-refractivity contribution is 7.20. The molecule has 450 valence electrons. The van der Waals surface area contributed by atoms with Gasteiger partial charge in [0.1, 0.15) is 0 Å². The number of para-hydroxylation sites is 2. The molecule has 16 aromatic rings. The minimum atomic E-state index is -3.08. The normalized spacial score (nSPS) is 12.5. The van der Waals surface area contributed by atoms with Crippen LogP contribution in [0.25, 0.3) is 49.7 Å². The zero-order valence-corrected chi connectivity index (χ0v) is 54.9. The van der Waals surface area contributed by atoms with Crippen molar-refractivity contribution in [3.63, 3.8) is 0 Å². The van der Waals surface area contributed by atoms with Gasteiger partial charge < -0.3 is 14.4 Å². The van der Waals surface area contributed by atoms with E-state index in [2.05, 4.69) is 403 Å². The zero-order valence-electron chi connectivity index (χ0n) is 52.9. The lowest BCUT2D eigenvalue weighted by molar-refractivity contribution is 1.16. The smallest absolute Gasteiger partial charge is 0.252 e. The highest BCUT2D eigenvalue weighted by atomic mass is 28.3. The second-order valence-corrected chi connectivity index (χ2v) is 33.1. The molecule has 3 heterocycles. The molecule has 0 fully saturated rings. The van der Waals surface area contributed by atoms with E-state index in [-0.39, 0.29) is 6.71 Å². The third-order valence-corrected chi connectivity index (χ3v) is 30.0. The zero-order chi connectivity index (χ0) is 63.6. The van der Waals surface area contributed by atoms with Crippen molar-refractivity contribution in [3.05, 3.63) is 388 Å². The number of aromatic nitrogens is 1. The molecule has 0 bridgehead atoms. The summed E-state index contributed by atoms with van der Waals surface area (Å²) in [6.45, 7) is -0.204. The van der Waals surface area contributed by atoms with Crippen LogP contribution in [0.5, 0.6) is 0 Å². The van der Waals surface area contributed by atoms with Crippen LogP contribution < -0.4 is 67.7 Å². The van der Waals surface area contributed by atoms with Crippen LogP contribution in [0, 0.1) is 0 Å². The summed E-state index contributed by atoms with van der Waals surface area (Å²) in [5.41, 5.74) is 18.6. The molecule has 0 atom stereocenters. The maximum atomic E-state index is 2.65. The fourth-order valence-corrected chi connectivity index (χ4v) is 25.9. The lowest BCUT2D eigenvalue weighted by Gasteiger charge is -2.45. The van der Waals surface area contributed by atoms with E-state index < -0.39 is 16.1 Å². The Hall–Kier alpha value is -11.8. The van der Waals surface area contributed by atoms with Gasteiger partial charge in [-0.1, -0.05) is 328 Å². The fourth-order valence-electron chi connectivity index (χ4n) is 16.4. The molecule has 18 rings (SSSR count). The summed E-state index contributed by atoms with van der Waals surface area (Å²) in [5, 5.41) is 13.1. The van der Waals surface area contributed by atoms with Crippen LogP contribution in [0.15, 0.2) is 388 Å². The molecule has 3 nitrogen and oxygen atoms in total. The molecule has 2 aliphatic rings. The van der Waals surface area contributed by atoms with E-state index in [9.17, 15) is 0 Å². The van der Waals surface area contributed by atoms with E-state index >= 15 is 0 Å².